The van der Waals surface area contributed by atoms with Crippen molar-refractivity contribution in [1.82, 2.24) is 15.1 Å². The molecule has 6 heteroatoms. The molecular weight excluding hydrogens is 362 g/mol. The molecule has 0 bridgehead atoms. The third-order valence-electron chi connectivity index (χ3n) is 4.45. The van der Waals surface area contributed by atoms with Crippen LogP contribution in [0.3, 0.4) is 0 Å². The maximum atomic E-state index is 12.8. The smallest absolute Gasteiger partial charge is 0.256 e. The van der Waals surface area contributed by atoms with Gasteiger partial charge < -0.3 is 9.73 Å². The number of aryl methyl sites for hydroxylation is 1. The number of fused-ring (bicyclic) bond motifs is 1. The van der Waals surface area contributed by atoms with Gasteiger partial charge >= 0.3 is 0 Å². The van der Waals surface area contributed by atoms with Crippen molar-refractivity contribution in [2.75, 3.05) is 0 Å². The molecule has 4 aromatic rings. The van der Waals surface area contributed by atoms with Gasteiger partial charge in [-0.1, -0.05) is 48.0 Å². The van der Waals surface area contributed by atoms with E-state index in [-0.39, 0.29) is 17.1 Å². The van der Waals surface area contributed by atoms with Crippen LogP contribution in [0.15, 0.2) is 65.1 Å². The molecule has 0 spiro atoms. The number of halogens is 1. The Labute approximate surface area is 161 Å². The number of benzene rings is 2. The van der Waals surface area contributed by atoms with Gasteiger partial charge in [0.15, 0.2) is 0 Å². The van der Waals surface area contributed by atoms with Crippen molar-refractivity contribution in [2.45, 2.75) is 19.9 Å². The van der Waals surface area contributed by atoms with E-state index in [9.17, 15) is 4.79 Å². The van der Waals surface area contributed by atoms with E-state index >= 15 is 0 Å². The fraction of sp³-hybridized carbons (Fsp3) is 0.143. The summed E-state index contributed by atoms with van der Waals surface area (Å²) in [4.78, 5) is 12.8. The molecule has 2 heterocycles. The van der Waals surface area contributed by atoms with E-state index < -0.39 is 0 Å². The second kappa shape index (κ2) is 6.93. The second-order valence-electron chi connectivity index (χ2n) is 6.38. The van der Waals surface area contributed by atoms with E-state index in [1.807, 2.05) is 67.6 Å². The molecule has 2 aromatic heterocycles. The molecule has 27 heavy (non-hydrogen) atoms. The molecule has 1 amide bonds. The Hall–Kier alpha value is -3.05. The van der Waals surface area contributed by atoms with Crippen LogP contribution in [0.2, 0.25) is 5.15 Å². The van der Waals surface area contributed by atoms with E-state index in [0.29, 0.717) is 17.0 Å². The predicted octanol–water partition coefficient (Wildman–Crippen LogP) is 5.07. The summed E-state index contributed by atoms with van der Waals surface area (Å²) in [7, 11) is 0. The first-order chi connectivity index (χ1) is 13.0. The Kier molecular flexibility index (Phi) is 4.46. The van der Waals surface area contributed by atoms with E-state index in [0.717, 1.165) is 16.7 Å². The molecule has 5 nitrogen and oxygen atoms in total. The fourth-order valence-electron chi connectivity index (χ4n) is 3.05. The monoisotopic (exact) mass is 379 g/mol. The largest absolute Gasteiger partial charge is 0.459 e. The van der Waals surface area contributed by atoms with Crippen LogP contribution in [0.1, 0.15) is 34.8 Å². The number of carbonyl (C=O) groups excluding carboxylic acids is 1. The van der Waals surface area contributed by atoms with Crippen molar-refractivity contribution in [3.05, 3.63) is 82.8 Å². The molecule has 1 N–H and O–H groups in total. The Bertz CT molecular complexity index is 1080. The predicted molar refractivity (Wildman–Crippen MR) is 105 cm³/mol. The fourth-order valence-corrected chi connectivity index (χ4v) is 3.41. The van der Waals surface area contributed by atoms with Crippen LogP contribution >= 0.6 is 11.6 Å². The minimum Gasteiger partial charge on any atom is -0.459 e. The number of nitrogens with zero attached hydrogens (tertiary/aromatic N) is 2. The highest BCUT2D eigenvalue weighted by Crippen LogP contribution is 2.26. The summed E-state index contributed by atoms with van der Waals surface area (Å²) in [6.07, 6.45) is 0. The molecular formula is C21H18ClN3O2. The van der Waals surface area contributed by atoms with Crippen molar-refractivity contribution >= 4 is 28.5 Å². The molecule has 0 saturated heterocycles. The number of hydrogen-bond donors (Lipinski definition) is 1. The zero-order valence-electron chi connectivity index (χ0n) is 14.9. The van der Waals surface area contributed by atoms with Crippen LogP contribution in [0.5, 0.6) is 0 Å². The third-order valence-corrected chi connectivity index (χ3v) is 4.80. The Morgan fingerprint density at radius 2 is 1.85 bits per heavy atom. The van der Waals surface area contributed by atoms with Crippen molar-refractivity contribution in [3.63, 3.8) is 0 Å². The molecule has 2 aromatic carbocycles. The molecule has 0 aliphatic carbocycles. The van der Waals surface area contributed by atoms with Crippen molar-refractivity contribution in [2.24, 2.45) is 0 Å². The molecule has 1 atom stereocenters. The lowest BCUT2D eigenvalue weighted by molar-refractivity contribution is 0.0935. The SMILES string of the molecule is Cc1nn(-c2ccccc2)c(Cl)c1C(=O)NC(C)c1cc2ccccc2o1. The quantitative estimate of drug-likeness (QED) is 0.538. The average Bonchev–Trinajstić information content (AvgIpc) is 3.23. The number of para-hydroxylation sites is 2. The Morgan fingerprint density at radius 3 is 2.59 bits per heavy atom. The molecule has 0 aliphatic rings. The van der Waals surface area contributed by atoms with Crippen molar-refractivity contribution < 1.29 is 9.21 Å². The first-order valence-electron chi connectivity index (χ1n) is 8.64. The summed E-state index contributed by atoms with van der Waals surface area (Å²) in [5.41, 5.74) is 2.52. The molecule has 1 unspecified atom stereocenters. The molecule has 136 valence electrons. The van der Waals surface area contributed by atoms with Gasteiger partial charge in [-0.25, -0.2) is 4.68 Å². The van der Waals surface area contributed by atoms with Crippen LogP contribution in [-0.2, 0) is 0 Å². The number of nitrogens with one attached hydrogen (secondary N) is 1. The summed E-state index contributed by atoms with van der Waals surface area (Å²) in [5.74, 6) is 0.404. The summed E-state index contributed by atoms with van der Waals surface area (Å²) >= 11 is 6.47. The summed E-state index contributed by atoms with van der Waals surface area (Å²) < 4.78 is 7.40. The topological polar surface area (TPSA) is 60.1 Å². The lowest BCUT2D eigenvalue weighted by Crippen LogP contribution is -2.27. The summed E-state index contributed by atoms with van der Waals surface area (Å²) in [5, 5.41) is 8.65. The van der Waals surface area contributed by atoms with Gasteiger partial charge in [-0.2, -0.15) is 5.10 Å². The second-order valence-corrected chi connectivity index (χ2v) is 6.74. The van der Waals surface area contributed by atoms with Gasteiger partial charge in [0.2, 0.25) is 0 Å². The van der Waals surface area contributed by atoms with E-state index in [4.69, 9.17) is 16.0 Å². The van der Waals surface area contributed by atoms with Gasteiger partial charge in [-0.15, -0.1) is 0 Å². The zero-order chi connectivity index (χ0) is 19.0. The lowest BCUT2D eigenvalue weighted by atomic mass is 10.2. The van der Waals surface area contributed by atoms with Crippen LogP contribution in [-0.4, -0.2) is 15.7 Å². The minimum absolute atomic E-state index is 0.285. The third kappa shape index (κ3) is 3.22. The van der Waals surface area contributed by atoms with Gasteiger partial charge in [0.25, 0.3) is 5.91 Å². The van der Waals surface area contributed by atoms with E-state index in [1.165, 1.54) is 0 Å². The number of hydrogen-bond acceptors (Lipinski definition) is 3. The van der Waals surface area contributed by atoms with Crippen LogP contribution in [0.4, 0.5) is 0 Å². The normalized spacial score (nSPS) is 12.3. The van der Waals surface area contributed by atoms with Gasteiger partial charge in [-0.3, -0.25) is 4.79 Å². The highest BCUT2D eigenvalue weighted by atomic mass is 35.5. The maximum Gasteiger partial charge on any atom is 0.256 e. The number of carbonyl (C=O) groups is 1. The van der Waals surface area contributed by atoms with Gasteiger partial charge in [0.1, 0.15) is 16.5 Å². The molecule has 0 radical (unpaired) electrons. The molecule has 0 saturated carbocycles. The van der Waals surface area contributed by atoms with Crippen LogP contribution < -0.4 is 5.32 Å². The van der Waals surface area contributed by atoms with E-state index in [2.05, 4.69) is 10.4 Å². The Morgan fingerprint density at radius 1 is 1.15 bits per heavy atom. The van der Waals surface area contributed by atoms with Gasteiger partial charge in [-0.05, 0) is 38.1 Å². The highest BCUT2D eigenvalue weighted by molar-refractivity contribution is 6.33. The van der Waals surface area contributed by atoms with Crippen LogP contribution in [0.25, 0.3) is 16.7 Å². The standard InChI is InChI=1S/C21H18ClN3O2/c1-13(18-12-15-8-6-7-11-17(15)27-18)23-21(26)19-14(2)24-25(20(19)22)16-9-4-3-5-10-16/h3-13H,1-2H3,(H,23,26). The number of amides is 1. The van der Waals surface area contributed by atoms with Gasteiger partial charge in [0.05, 0.1) is 23.0 Å². The summed E-state index contributed by atoms with van der Waals surface area (Å²) in [6.45, 7) is 3.65. The highest BCUT2D eigenvalue weighted by Gasteiger charge is 2.23. The molecule has 0 fully saturated rings. The number of rotatable bonds is 4. The number of furan rings is 1. The average molecular weight is 380 g/mol. The number of aromatic nitrogens is 2. The molecule has 0 aliphatic heterocycles. The van der Waals surface area contributed by atoms with E-state index in [1.54, 1.807) is 11.6 Å². The van der Waals surface area contributed by atoms with Crippen molar-refractivity contribution in [1.29, 1.82) is 0 Å². The zero-order valence-corrected chi connectivity index (χ0v) is 15.7. The maximum absolute atomic E-state index is 12.8. The van der Waals surface area contributed by atoms with Gasteiger partial charge in [0, 0.05) is 5.39 Å². The van der Waals surface area contributed by atoms with Crippen LogP contribution in [0, 0.1) is 6.92 Å². The Balaban J connectivity index is 1.60. The molecule has 4 rings (SSSR count). The summed E-state index contributed by atoms with van der Waals surface area (Å²) in [6, 6.07) is 18.8. The lowest BCUT2D eigenvalue weighted by Gasteiger charge is -2.11. The minimum atomic E-state index is -0.305. The van der Waals surface area contributed by atoms with Crippen molar-refractivity contribution in [3.8, 4) is 5.69 Å². The first kappa shape index (κ1) is 17.4. The first-order valence-corrected chi connectivity index (χ1v) is 9.02.